The Labute approximate surface area is 126 Å². The molecule has 2 N–H and O–H groups in total. The predicted octanol–water partition coefficient (Wildman–Crippen LogP) is 1.83. The van der Waals surface area contributed by atoms with Gasteiger partial charge in [-0.25, -0.2) is 0 Å². The molecule has 2 atom stereocenters. The van der Waals surface area contributed by atoms with Gasteiger partial charge in [-0.3, -0.25) is 4.79 Å². The van der Waals surface area contributed by atoms with Crippen LogP contribution in [-0.4, -0.2) is 51.2 Å². The molecule has 1 saturated heterocycles. The Kier molecular flexibility index (Phi) is 4.73. The third-order valence-corrected chi connectivity index (χ3v) is 4.21. The molecule has 2 rings (SSSR count). The van der Waals surface area contributed by atoms with Gasteiger partial charge in [-0.1, -0.05) is 6.92 Å². The number of ether oxygens (including phenoxy) is 1. The van der Waals surface area contributed by atoms with Crippen molar-refractivity contribution in [2.24, 2.45) is 5.92 Å². The highest BCUT2D eigenvalue weighted by atomic mass is 16.5. The van der Waals surface area contributed by atoms with Gasteiger partial charge < -0.3 is 20.3 Å². The van der Waals surface area contributed by atoms with Gasteiger partial charge >= 0.3 is 0 Å². The minimum Gasteiger partial charge on any atom is -0.397 e. The fraction of sp³-hybridized carbons (Fsp3) is 0.562. The monoisotopic (exact) mass is 291 g/mol. The molecule has 0 spiro atoms. The van der Waals surface area contributed by atoms with Gasteiger partial charge in [-0.2, -0.15) is 0 Å². The summed E-state index contributed by atoms with van der Waals surface area (Å²) in [5, 5.41) is 0. The molecule has 1 aromatic rings. The summed E-state index contributed by atoms with van der Waals surface area (Å²) >= 11 is 0. The SMILES string of the molecule is COC1CN(c2ccc(C(=O)N(C)C)cc2N)CCC1C. The zero-order valence-electron chi connectivity index (χ0n) is 13.3. The van der Waals surface area contributed by atoms with Crippen molar-refractivity contribution in [1.29, 1.82) is 0 Å². The zero-order valence-corrected chi connectivity index (χ0v) is 13.3. The van der Waals surface area contributed by atoms with E-state index >= 15 is 0 Å². The van der Waals surface area contributed by atoms with Gasteiger partial charge in [0.15, 0.2) is 0 Å². The molecule has 116 valence electrons. The standard InChI is InChI=1S/C16H25N3O2/c1-11-7-8-19(10-15(11)21-4)14-6-5-12(9-13(14)17)16(20)18(2)3/h5-6,9,11,15H,7-8,10,17H2,1-4H3. The van der Waals surface area contributed by atoms with Gasteiger partial charge in [0.05, 0.1) is 17.5 Å². The number of nitrogens with zero attached hydrogens (tertiary/aromatic N) is 2. The lowest BCUT2D eigenvalue weighted by molar-refractivity contribution is 0.0499. The van der Waals surface area contributed by atoms with Crippen LogP contribution in [-0.2, 0) is 4.74 Å². The van der Waals surface area contributed by atoms with E-state index < -0.39 is 0 Å². The molecule has 21 heavy (non-hydrogen) atoms. The van der Waals surface area contributed by atoms with E-state index in [-0.39, 0.29) is 12.0 Å². The lowest BCUT2D eigenvalue weighted by Crippen LogP contribution is -2.44. The molecule has 1 aromatic carbocycles. The Morgan fingerprint density at radius 3 is 2.71 bits per heavy atom. The Hall–Kier alpha value is -1.75. The summed E-state index contributed by atoms with van der Waals surface area (Å²) in [5.74, 6) is 0.525. The highest BCUT2D eigenvalue weighted by Crippen LogP contribution is 2.30. The third-order valence-electron chi connectivity index (χ3n) is 4.21. The van der Waals surface area contributed by atoms with Crippen molar-refractivity contribution in [2.75, 3.05) is 44.9 Å². The number of benzene rings is 1. The molecule has 5 heteroatoms. The molecule has 1 fully saturated rings. The van der Waals surface area contributed by atoms with Crippen molar-refractivity contribution < 1.29 is 9.53 Å². The van der Waals surface area contributed by atoms with Gasteiger partial charge in [0.25, 0.3) is 5.91 Å². The van der Waals surface area contributed by atoms with Crippen LogP contribution < -0.4 is 10.6 Å². The van der Waals surface area contributed by atoms with E-state index in [1.165, 1.54) is 0 Å². The summed E-state index contributed by atoms with van der Waals surface area (Å²) in [6, 6.07) is 5.54. The normalized spacial score (nSPS) is 22.2. The van der Waals surface area contributed by atoms with Crippen LogP contribution in [0.25, 0.3) is 0 Å². The van der Waals surface area contributed by atoms with E-state index in [2.05, 4.69) is 11.8 Å². The number of carbonyl (C=O) groups excluding carboxylic acids is 1. The summed E-state index contributed by atoms with van der Waals surface area (Å²) in [4.78, 5) is 15.8. The van der Waals surface area contributed by atoms with Gasteiger partial charge in [0.1, 0.15) is 0 Å². The first-order valence-corrected chi connectivity index (χ1v) is 7.33. The minimum absolute atomic E-state index is 0.0321. The van der Waals surface area contributed by atoms with E-state index in [0.717, 1.165) is 25.2 Å². The number of hydrogen-bond acceptors (Lipinski definition) is 4. The smallest absolute Gasteiger partial charge is 0.253 e. The molecule has 0 aromatic heterocycles. The van der Waals surface area contributed by atoms with Crippen LogP contribution in [0.15, 0.2) is 18.2 Å². The molecule has 1 heterocycles. The number of methoxy groups -OCH3 is 1. The van der Waals surface area contributed by atoms with E-state index in [4.69, 9.17) is 10.5 Å². The number of anilines is 2. The van der Waals surface area contributed by atoms with Gasteiger partial charge in [0.2, 0.25) is 0 Å². The van der Waals surface area contributed by atoms with Gasteiger partial charge in [-0.15, -0.1) is 0 Å². The lowest BCUT2D eigenvalue weighted by atomic mass is 9.95. The van der Waals surface area contributed by atoms with Crippen molar-refractivity contribution in [1.82, 2.24) is 4.90 Å². The topological polar surface area (TPSA) is 58.8 Å². The molecule has 1 aliphatic heterocycles. The first-order chi connectivity index (χ1) is 9.93. The Bertz CT molecular complexity index is 516. The second-order valence-electron chi connectivity index (χ2n) is 5.96. The predicted molar refractivity (Wildman–Crippen MR) is 85.7 cm³/mol. The quantitative estimate of drug-likeness (QED) is 0.863. The van der Waals surface area contributed by atoms with Gasteiger partial charge in [-0.05, 0) is 30.5 Å². The van der Waals surface area contributed by atoms with E-state index in [9.17, 15) is 4.79 Å². The highest BCUT2D eigenvalue weighted by Gasteiger charge is 2.27. The van der Waals surface area contributed by atoms with Crippen molar-refractivity contribution >= 4 is 17.3 Å². The number of piperidine rings is 1. The van der Waals surface area contributed by atoms with Crippen LogP contribution in [0.5, 0.6) is 0 Å². The zero-order chi connectivity index (χ0) is 15.6. The number of carbonyl (C=O) groups is 1. The van der Waals surface area contributed by atoms with Crippen molar-refractivity contribution in [3.05, 3.63) is 23.8 Å². The average molecular weight is 291 g/mol. The number of nitrogens with two attached hydrogens (primary N) is 1. The summed E-state index contributed by atoms with van der Waals surface area (Å²) in [7, 11) is 5.23. The summed E-state index contributed by atoms with van der Waals surface area (Å²) < 4.78 is 5.55. The van der Waals surface area contributed by atoms with E-state index in [1.807, 2.05) is 12.1 Å². The average Bonchev–Trinajstić information content (AvgIpc) is 2.47. The van der Waals surface area contributed by atoms with Crippen molar-refractivity contribution in [2.45, 2.75) is 19.4 Å². The molecule has 0 bridgehead atoms. The number of rotatable bonds is 3. The molecule has 5 nitrogen and oxygen atoms in total. The molecule has 0 saturated carbocycles. The molecule has 0 aliphatic carbocycles. The number of nitrogen functional groups attached to an aromatic ring is 1. The summed E-state index contributed by atoms with van der Waals surface area (Å²) in [5.41, 5.74) is 8.41. The van der Waals surface area contributed by atoms with Crippen LogP contribution >= 0.6 is 0 Å². The first-order valence-electron chi connectivity index (χ1n) is 7.33. The summed E-state index contributed by atoms with van der Waals surface area (Å²) in [6.45, 7) is 4.02. The van der Waals surface area contributed by atoms with Crippen LogP contribution in [0.2, 0.25) is 0 Å². The molecule has 2 unspecified atom stereocenters. The van der Waals surface area contributed by atoms with Crippen LogP contribution in [0.3, 0.4) is 0 Å². The number of hydrogen-bond donors (Lipinski definition) is 1. The summed E-state index contributed by atoms with van der Waals surface area (Å²) in [6.07, 6.45) is 1.30. The van der Waals surface area contributed by atoms with Gasteiger partial charge in [0, 0.05) is 39.9 Å². The fourth-order valence-electron chi connectivity index (χ4n) is 2.79. The molecule has 0 radical (unpaired) electrons. The third kappa shape index (κ3) is 3.29. The molecule has 1 amide bonds. The van der Waals surface area contributed by atoms with Crippen LogP contribution in [0.4, 0.5) is 11.4 Å². The van der Waals surface area contributed by atoms with Crippen molar-refractivity contribution in [3.63, 3.8) is 0 Å². The van der Waals surface area contributed by atoms with E-state index in [0.29, 0.717) is 17.2 Å². The Balaban J connectivity index is 2.19. The largest absolute Gasteiger partial charge is 0.397 e. The second-order valence-corrected chi connectivity index (χ2v) is 5.96. The molecular formula is C16H25N3O2. The van der Waals surface area contributed by atoms with Crippen molar-refractivity contribution in [3.8, 4) is 0 Å². The maximum Gasteiger partial charge on any atom is 0.253 e. The van der Waals surface area contributed by atoms with Crippen LogP contribution in [0, 0.1) is 5.92 Å². The minimum atomic E-state index is -0.0321. The lowest BCUT2D eigenvalue weighted by Gasteiger charge is -2.38. The fourth-order valence-corrected chi connectivity index (χ4v) is 2.79. The molecule has 1 aliphatic rings. The Morgan fingerprint density at radius 1 is 1.43 bits per heavy atom. The Morgan fingerprint density at radius 2 is 2.14 bits per heavy atom. The molecular weight excluding hydrogens is 266 g/mol. The number of amides is 1. The second kappa shape index (κ2) is 6.35. The van der Waals surface area contributed by atoms with E-state index in [1.54, 1.807) is 32.2 Å². The maximum atomic E-state index is 12.0. The maximum absolute atomic E-state index is 12.0. The highest BCUT2D eigenvalue weighted by molar-refractivity contribution is 5.95. The van der Waals surface area contributed by atoms with Crippen LogP contribution in [0.1, 0.15) is 23.7 Å². The first kappa shape index (κ1) is 15.6.